The third-order valence-electron chi connectivity index (χ3n) is 5.27. The molecule has 33 heavy (non-hydrogen) atoms. The van der Waals surface area contributed by atoms with Gasteiger partial charge < -0.3 is 18.9 Å². The van der Waals surface area contributed by atoms with E-state index in [2.05, 4.69) is 67.8 Å². The largest absolute Gasteiger partial charge is 0.462 e. The number of rotatable bonds is 12. The molecule has 0 bridgehead atoms. The molecule has 1 aliphatic rings. The zero-order valence-electron chi connectivity index (χ0n) is 19.2. The lowest BCUT2D eigenvalue weighted by atomic mass is 9.79. The molecule has 1 aliphatic heterocycles. The smallest absolute Gasteiger partial charge is 0.311 e. The van der Waals surface area contributed by atoms with Crippen molar-refractivity contribution in [3.8, 4) is 0 Å². The molecule has 0 aliphatic carbocycles. The minimum atomic E-state index is -0.783. The van der Waals surface area contributed by atoms with E-state index in [1.54, 1.807) is 27.7 Å². The van der Waals surface area contributed by atoms with Gasteiger partial charge in [-0.25, -0.2) is 0 Å². The fraction of sp³-hybridized carbons (Fsp3) is 0.609. The summed E-state index contributed by atoms with van der Waals surface area (Å²) in [6.45, 7) is 8.06. The quantitative estimate of drug-likeness (QED) is 0.0743. The molecule has 1 aromatic rings. The maximum absolute atomic E-state index is 12.5. The normalized spacial score (nSPS) is 15.7. The van der Waals surface area contributed by atoms with Gasteiger partial charge in [-0.2, -0.15) is 0 Å². The van der Waals surface area contributed by atoms with Crippen LogP contribution in [0.3, 0.4) is 0 Å². The summed E-state index contributed by atoms with van der Waals surface area (Å²) in [5.74, 6) is -1.06. The molecule has 0 spiro atoms. The van der Waals surface area contributed by atoms with Gasteiger partial charge in [-0.05, 0) is 126 Å². The lowest BCUT2D eigenvalue weighted by Crippen LogP contribution is -2.33. The van der Waals surface area contributed by atoms with Crippen LogP contribution < -0.4 is 0 Å². The molecule has 7 nitrogen and oxygen atoms in total. The lowest BCUT2D eigenvalue weighted by Gasteiger charge is -2.28. The second-order valence-corrected chi connectivity index (χ2v) is 12.7. The van der Waals surface area contributed by atoms with Gasteiger partial charge in [-0.15, -0.1) is 0 Å². The predicted molar refractivity (Wildman–Crippen MR) is 148 cm³/mol. The number of esters is 3. The van der Waals surface area contributed by atoms with E-state index >= 15 is 0 Å². The van der Waals surface area contributed by atoms with Crippen LogP contribution in [0.4, 0.5) is 0 Å². The van der Waals surface area contributed by atoms with Crippen LogP contribution >= 0.6 is 67.8 Å². The Balaban J connectivity index is 1.71. The van der Waals surface area contributed by atoms with Crippen molar-refractivity contribution in [3.05, 3.63) is 28.4 Å². The number of ether oxygens (including phenoxy) is 4. The first-order valence-electron chi connectivity index (χ1n) is 10.6. The Morgan fingerprint density at radius 1 is 0.939 bits per heavy atom. The van der Waals surface area contributed by atoms with Gasteiger partial charge in [0.1, 0.15) is 25.9 Å². The number of hydrogen-bond acceptors (Lipinski definition) is 7. The van der Waals surface area contributed by atoms with E-state index in [-0.39, 0.29) is 44.3 Å². The Bertz CT molecular complexity index is 879. The van der Waals surface area contributed by atoms with E-state index in [9.17, 15) is 14.4 Å². The summed E-state index contributed by atoms with van der Waals surface area (Å²) in [4.78, 5) is 37.0. The summed E-state index contributed by atoms with van der Waals surface area (Å²) in [5.41, 5.74) is -0.581. The Morgan fingerprint density at radius 2 is 1.48 bits per heavy atom. The van der Waals surface area contributed by atoms with Crippen molar-refractivity contribution >= 4 is 85.7 Å². The van der Waals surface area contributed by atoms with Gasteiger partial charge in [-0.1, -0.05) is 0 Å². The van der Waals surface area contributed by atoms with E-state index in [1.807, 2.05) is 12.1 Å². The average molecular weight is 798 g/mol. The van der Waals surface area contributed by atoms with Crippen molar-refractivity contribution in [2.75, 3.05) is 26.4 Å². The van der Waals surface area contributed by atoms with Crippen LogP contribution in [-0.2, 0) is 39.8 Å². The summed E-state index contributed by atoms with van der Waals surface area (Å²) in [6, 6.07) is 4.01. The summed E-state index contributed by atoms with van der Waals surface area (Å²) in [6.07, 6.45) is 1.12. The molecular weight excluding hydrogens is 769 g/mol. The Kier molecular flexibility index (Phi) is 11.1. The van der Waals surface area contributed by atoms with Gasteiger partial charge >= 0.3 is 17.9 Å². The predicted octanol–water partition coefficient (Wildman–Crippen LogP) is 4.90. The van der Waals surface area contributed by atoms with Crippen LogP contribution in [0.5, 0.6) is 0 Å². The van der Waals surface area contributed by atoms with Crippen molar-refractivity contribution < 1.29 is 33.3 Å². The van der Waals surface area contributed by atoms with E-state index in [0.717, 1.165) is 16.3 Å². The monoisotopic (exact) mass is 798 g/mol. The van der Waals surface area contributed by atoms with Crippen LogP contribution in [0.25, 0.3) is 0 Å². The second-order valence-electron chi connectivity index (χ2n) is 9.22. The molecule has 10 heteroatoms. The SMILES string of the molecule is CC(C)(CCC(C)(C)C(=O)OCC1CO1)C(=O)OCCOC(=O)Cc1cc(I)cc(I)c1I. The molecule has 2 rings (SSSR count). The molecule has 184 valence electrons. The molecule has 0 N–H and O–H groups in total. The third kappa shape index (κ3) is 9.74. The number of benzene rings is 1. The lowest BCUT2D eigenvalue weighted by molar-refractivity contribution is -0.161. The fourth-order valence-corrected chi connectivity index (χ4v) is 5.25. The number of carbonyl (C=O) groups excluding carboxylic acids is 3. The standard InChI is InChI=1S/C23H29I3O7/c1-22(2,5-6-23(3,4)21(29)33-13-16-12-32-16)20(28)31-8-7-30-18(27)10-14-9-15(24)11-17(25)19(14)26/h9,11,16H,5-8,10,12-13H2,1-4H3. The van der Waals surface area contributed by atoms with Gasteiger partial charge in [0.2, 0.25) is 0 Å². The molecule has 1 heterocycles. The maximum atomic E-state index is 12.5. The van der Waals surface area contributed by atoms with Crippen LogP contribution in [0.1, 0.15) is 46.1 Å². The Hall–Kier alpha value is -0.220. The van der Waals surface area contributed by atoms with Crippen molar-refractivity contribution in [2.45, 2.75) is 53.1 Å². The summed E-state index contributed by atoms with van der Waals surface area (Å²) < 4.78 is 24.1. The number of hydrogen-bond donors (Lipinski definition) is 0. The first-order valence-corrected chi connectivity index (χ1v) is 13.8. The van der Waals surface area contributed by atoms with Crippen LogP contribution in [0.15, 0.2) is 12.1 Å². The number of carbonyl (C=O) groups is 3. The highest BCUT2D eigenvalue weighted by Gasteiger charge is 2.37. The Labute approximate surface area is 235 Å². The zero-order chi connectivity index (χ0) is 24.8. The molecular formula is C23H29I3O7. The molecule has 0 saturated carbocycles. The number of epoxide rings is 1. The van der Waals surface area contributed by atoms with E-state index in [4.69, 9.17) is 18.9 Å². The third-order valence-corrected chi connectivity index (χ3v) is 9.05. The second kappa shape index (κ2) is 12.7. The zero-order valence-corrected chi connectivity index (χ0v) is 25.6. The highest BCUT2D eigenvalue weighted by molar-refractivity contribution is 14.1. The van der Waals surface area contributed by atoms with Crippen molar-refractivity contribution in [1.82, 2.24) is 0 Å². The van der Waals surface area contributed by atoms with E-state index in [1.165, 1.54) is 0 Å². The molecule has 0 radical (unpaired) electrons. The fourth-order valence-electron chi connectivity index (χ4n) is 2.79. The summed E-state index contributed by atoms with van der Waals surface area (Å²) in [7, 11) is 0. The van der Waals surface area contributed by atoms with Gasteiger partial charge in [0, 0.05) is 10.7 Å². The van der Waals surface area contributed by atoms with Crippen molar-refractivity contribution in [1.29, 1.82) is 0 Å². The Morgan fingerprint density at radius 3 is 2.06 bits per heavy atom. The topological polar surface area (TPSA) is 91.4 Å². The average Bonchev–Trinajstić information content (AvgIpc) is 3.56. The molecule has 0 amide bonds. The minimum Gasteiger partial charge on any atom is -0.462 e. The van der Waals surface area contributed by atoms with Crippen LogP contribution in [0.2, 0.25) is 0 Å². The molecule has 0 aromatic heterocycles. The molecule has 1 fully saturated rings. The molecule has 1 unspecified atom stereocenters. The highest BCUT2D eigenvalue weighted by atomic mass is 127. The van der Waals surface area contributed by atoms with Crippen molar-refractivity contribution in [3.63, 3.8) is 0 Å². The van der Waals surface area contributed by atoms with E-state index in [0.29, 0.717) is 19.4 Å². The van der Waals surface area contributed by atoms with Crippen LogP contribution in [0, 0.1) is 21.5 Å². The minimum absolute atomic E-state index is 0.000688. The highest BCUT2D eigenvalue weighted by Crippen LogP contribution is 2.33. The van der Waals surface area contributed by atoms with E-state index < -0.39 is 16.8 Å². The number of halogens is 3. The molecule has 1 aromatic carbocycles. The van der Waals surface area contributed by atoms with Gasteiger partial charge in [0.05, 0.1) is 23.9 Å². The van der Waals surface area contributed by atoms with Gasteiger partial charge in [0.25, 0.3) is 0 Å². The van der Waals surface area contributed by atoms with Crippen molar-refractivity contribution in [2.24, 2.45) is 10.8 Å². The molecule has 1 saturated heterocycles. The first-order chi connectivity index (χ1) is 15.3. The first kappa shape index (κ1) is 29.0. The summed E-state index contributed by atoms with van der Waals surface area (Å²) >= 11 is 6.68. The molecule has 1 atom stereocenters. The maximum Gasteiger partial charge on any atom is 0.311 e. The van der Waals surface area contributed by atoms with Gasteiger partial charge in [0.15, 0.2) is 0 Å². The van der Waals surface area contributed by atoms with Crippen LogP contribution in [-0.4, -0.2) is 50.4 Å². The van der Waals surface area contributed by atoms with Gasteiger partial charge in [-0.3, -0.25) is 14.4 Å². The summed E-state index contributed by atoms with van der Waals surface area (Å²) in [5, 5.41) is 0.